The Balaban J connectivity index is 2.08. The molecule has 0 aliphatic carbocycles. The van der Waals surface area contributed by atoms with E-state index in [9.17, 15) is 4.39 Å². The van der Waals surface area contributed by atoms with Gasteiger partial charge in [-0.3, -0.25) is 0 Å². The van der Waals surface area contributed by atoms with Crippen LogP contribution in [-0.4, -0.2) is 0 Å². The molecule has 1 unspecified atom stereocenters. The maximum Gasteiger partial charge on any atom is 0.123 e. The predicted molar refractivity (Wildman–Crippen MR) is 72.4 cm³/mol. The Bertz CT molecular complexity index is 492. The van der Waals surface area contributed by atoms with Crippen LogP contribution >= 0.6 is 22.9 Å². The number of benzene rings is 1. The second-order valence-electron chi connectivity index (χ2n) is 3.96. The zero-order valence-electron chi connectivity index (χ0n) is 9.62. The van der Waals surface area contributed by atoms with Gasteiger partial charge in [0.1, 0.15) is 5.82 Å². The molecule has 0 bridgehead atoms. The molecule has 0 saturated carbocycles. The van der Waals surface area contributed by atoms with E-state index < -0.39 is 0 Å². The van der Waals surface area contributed by atoms with Crippen molar-refractivity contribution >= 4 is 22.9 Å². The molecule has 2 rings (SSSR count). The Morgan fingerprint density at radius 2 is 2.12 bits per heavy atom. The summed E-state index contributed by atoms with van der Waals surface area (Å²) in [5.74, 6) is -0.202. The van der Waals surface area contributed by atoms with Crippen LogP contribution in [0.15, 0.2) is 36.4 Å². The van der Waals surface area contributed by atoms with E-state index in [0.29, 0.717) is 6.42 Å². The number of alkyl halides is 1. The van der Waals surface area contributed by atoms with E-state index in [2.05, 4.69) is 19.1 Å². The van der Waals surface area contributed by atoms with Gasteiger partial charge in [-0.05, 0) is 42.7 Å². The fourth-order valence-electron chi connectivity index (χ4n) is 1.72. The van der Waals surface area contributed by atoms with Crippen LogP contribution in [0.4, 0.5) is 4.39 Å². The van der Waals surface area contributed by atoms with E-state index in [1.54, 1.807) is 23.5 Å². The number of rotatable bonds is 4. The highest BCUT2D eigenvalue weighted by molar-refractivity contribution is 7.12. The molecule has 2 aromatic rings. The lowest BCUT2D eigenvalue weighted by molar-refractivity contribution is 0.625. The average Bonchev–Trinajstić information content (AvgIpc) is 2.77. The van der Waals surface area contributed by atoms with Crippen LogP contribution in [0.5, 0.6) is 0 Å². The van der Waals surface area contributed by atoms with Gasteiger partial charge in [-0.25, -0.2) is 4.39 Å². The molecule has 0 N–H and O–H groups in total. The number of thiophene rings is 1. The number of halogens is 2. The monoisotopic (exact) mass is 268 g/mol. The summed E-state index contributed by atoms with van der Waals surface area (Å²) in [7, 11) is 0. The summed E-state index contributed by atoms with van der Waals surface area (Å²) in [6, 6.07) is 10.8. The van der Waals surface area contributed by atoms with E-state index in [1.165, 1.54) is 10.9 Å². The Morgan fingerprint density at radius 3 is 2.76 bits per heavy atom. The molecule has 90 valence electrons. The van der Waals surface area contributed by atoms with Crippen molar-refractivity contribution in [3.63, 3.8) is 0 Å². The van der Waals surface area contributed by atoms with Crippen molar-refractivity contribution in [2.75, 3.05) is 0 Å². The highest BCUT2D eigenvalue weighted by atomic mass is 35.5. The minimum atomic E-state index is -0.202. The van der Waals surface area contributed by atoms with Crippen LogP contribution in [0.2, 0.25) is 0 Å². The van der Waals surface area contributed by atoms with Gasteiger partial charge in [-0.2, -0.15) is 0 Å². The first-order chi connectivity index (χ1) is 8.19. The zero-order chi connectivity index (χ0) is 12.3. The topological polar surface area (TPSA) is 0 Å². The Kier molecular flexibility index (Phi) is 4.19. The van der Waals surface area contributed by atoms with E-state index in [0.717, 1.165) is 16.9 Å². The Morgan fingerprint density at radius 1 is 1.29 bits per heavy atom. The van der Waals surface area contributed by atoms with Gasteiger partial charge in [0.2, 0.25) is 0 Å². The first-order valence-corrected chi connectivity index (χ1v) is 6.91. The molecule has 0 fully saturated rings. The third kappa shape index (κ3) is 3.30. The molecule has 0 spiro atoms. The summed E-state index contributed by atoms with van der Waals surface area (Å²) in [6.07, 6.45) is 1.71. The third-order valence-corrected chi connectivity index (χ3v) is 4.51. The molecule has 0 amide bonds. The van der Waals surface area contributed by atoms with Crippen LogP contribution < -0.4 is 0 Å². The fourth-order valence-corrected chi connectivity index (χ4v) is 3.04. The Hall–Kier alpha value is -0.860. The second-order valence-corrected chi connectivity index (χ2v) is 5.69. The van der Waals surface area contributed by atoms with Crippen molar-refractivity contribution < 1.29 is 4.39 Å². The number of hydrogen-bond acceptors (Lipinski definition) is 1. The zero-order valence-corrected chi connectivity index (χ0v) is 11.2. The first kappa shape index (κ1) is 12.6. The molecule has 3 heteroatoms. The first-order valence-electron chi connectivity index (χ1n) is 5.66. The van der Waals surface area contributed by atoms with E-state index in [1.807, 2.05) is 6.07 Å². The highest BCUT2D eigenvalue weighted by Gasteiger charge is 2.11. The van der Waals surface area contributed by atoms with Crippen molar-refractivity contribution in [3.05, 3.63) is 57.5 Å². The van der Waals surface area contributed by atoms with E-state index >= 15 is 0 Å². The summed E-state index contributed by atoms with van der Waals surface area (Å²) < 4.78 is 13.0. The lowest BCUT2D eigenvalue weighted by Crippen LogP contribution is -1.93. The number of aryl methyl sites for hydroxylation is 1. The Labute approximate surface area is 110 Å². The molecule has 0 nitrogen and oxygen atoms in total. The highest BCUT2D eigenvalue weighted by Crippen LogP contribution is 2.31. The molecule has 0 saturated heterocycles. The summed E-state index contributed by atoms with van der Waals surface area (Å²) in [6.45, 7) is 2.13. The van der Waals surface area contributed by atoms with Gasteiger partial charge < -0.3 is 0 Å². The van der Waals surface area contributed by atoms with Crippen molar-refractivity contribution in [1.29, 1.82) is 0 Å². The smallest absolute Gasteiger partial charge is 0.123 e. The summed E-state index contributed by atoms with van der Waals surface area (Å²) >= 11 is 8.09. The van der Waals surface area contributed by atoms with Gasteiger partial charge in [0.05, 0.1) is 5.38 Å². The van der Waals surface area contributed by atoms with Crippen molar-refractivity contribution in [1.82, 2.24) is 0 Å². The van der Waals surface area contributed by atoms with Crippen LogP contribution in [-0.2, 0) is 12.8 Å². The van der Waals surface area contributed by atoms with Crippen molar-refractivity contribution in [2.24, 2.45) is 0 Å². The lowest BCUT2D eigenvalue weighted by Gasteiger charge is -2.07. The molecule has 0 radical (unpaired) electrons. The summed E-state index contributed by atoms with van der Waals surface area (Å²) in [5, 5.41) is -0.0675. The largest absolute Gasteiger partial charge is 0.207 e. The van der Waals surface area contributed by atoms with E-state index in [4.69, 9.17) is 11.6 Å². The van der Waals surface area contributed by atoms with Gasteiger partial charge in [0.15, 0.2) is 0 Å². The third-order valence-electron chi connectivity index (χ3n) is 2.64. The molecule has 0 aliphatic rings. The van der Waals surface area contributed by atoms with Crippen molar-refractivity contribution in [2.45, 2.75) is 25.1 Å². The minimum absolute atomic E-state index is 0.0675. The van der Waals surface area contributed by atoms with Crippen LogP contribution in [0.3, 0.4) is 0 Å². The maximum atomic E-state index is 13.0. The van der Waals surface area contributed by atoms with Crippen LogP contribution in [0.1, 0.15) is 27.6 Å². The lowest BCUT2D eigenvalue weighted by atomic mass is 10.1. The summed E-state index contributed by atoms with van der Waals surface area (Å²) in [4.78, 5) is 2.50. The van der Waals surface area contributed by atoms with Gasteiger partial charge >= 0.3 is 0 Å². The number of hydrogen-bond donors (Lipinski definition) is 0. The normalized spacial score (nSPS) is 12.6. The van der Waals surface area contributed by atoms with Crippen molar-refractivity contribution in [3.8, 4) is 0 Å². The maximum absolute atomic E-state index is 13.0. The molecule has 1 heterocycles. The molecular weight excluding hydrogens is 255 g/mol. The van der Waals surface area contributed by atoms with Gasteiger partial charge in [-0.15, -0.1) is 22.9 Å². The second kappa shape index (κ2) is 5.65. The van der Waals surface area contributed by atoms with Crippen LogP contribution in [0, 0.1) is 5.82 Å². The minimum Gasteiger partial charge on any atom is -0.207 e. The molecule has 1 aromatic heterocycles. The standard InChI is InChI=1S/C14H14ClFS/c1-2-12-6-7-14(17-12)13(15)9-10-4-3-5-11(16)8-10/h3-8,13H,2,9H2,1H3. The van der Waals surface area contributed by atoms with Gasteiger partial charge in [-0.1, -0.05) is 19.1 Å². The van der Waals surface area contributed by atoms with E-state index in [-0.39, 0.29) is 11.2 Å². The SMILES string of the molecule is CCc1ccc(C(Cl)Cc2cccc(F)c2)s1. The fraction of sp³-hybridized carbons (Fsp3) is 0.286. The van der Waals surface area contributed by atoms with Gasteiger partial charge in [0.25, 0.3) is 0 Å². The molecule has 1 atom stereocenters. The van der Waals surface area contributed by atoms with Gasteiger partial charge in [0, 0.05) is 9.75 Å². The molecule has 0 aliphatic heterocycles. The summed E-state index contributed by atoms with van der Waals surface area (Å²) in [5.41, 5.74) is 0.941. The average molecular weight is 269 g/mol. The molecule has 1 aromatic carbocycles. The molecule has 17 heavy (non-hydrogen) atoms. The molecular formula is C14H14ClFS. The predicted octanol–water partition coefficient (Wildman–Crippen LogP) is 4.97. The van der Waals surface area contributed by atoms with Crippen LogP contribution in [0.25, 0.3) is 0 Å². The quantitative estimate of drug-likeness (QED) is 0.687.